The van der Waals surface area contributed by atoms with Crippen molar-refractivity contribution in [1.29, 1.82) is 0 Å². The smallest absolute Gasteiger partial charge is 0.257 e. The molecule has 3 rings (SSSR count). The molecule has 6 nitrogen and oxygen atoms in total. The molecule has 1 atom stereocenters. The quantitative estimate of drug-likeness (QED) is 0.507. The van der Waals surface area contributed by atoms with Gasteiger partial charge < -0.3 is 14.6 Å². The molecule has 1 aromatic heterocycles. The third-order valence-corrected chi connectivity index (χ3v) is 4.71. The first-order valence-electron chi connectivity index (χ1n) is 9.72. The fourth-order valence-electron chi connectivity index (χ4n) is 3.06. The lowest BCUT2D eigenvalue weighted by molar-refractivity contribution is -0.117. The Kier molecular flexibility index (Phi) is 6.54. The van der Waals surface area contributed by atoms with E-state index < -0.39 is 0 Å². The minimum absolute atomic E-state index is 0.0673. The van der Waals surface area contributed by atoms with Crippen molar-refractivity contribution in [2.75, 3.05) is 5.32 Å². The van der Waals surface area contributed by atoms with Crippen LogP contribution >= 0.6 is 0 Å². The molecule has 0 fully saturated rings. The van der Waals surface area contributed by atoms with Gasteiger partial charge in [0.05, 0.1) is 0 Å². The largest absolute Gasteiger partial charge is 0.379 e. The summed E-state index contributed by atoms with van der Waals surface area (Å²) >= 11 is 0. The van der Waals surface area contributed by atoms with Gasteiger partial charge in [0.2, 0.25) is 0 Å². The van der Waals surface area contributed by atoms with Crippen LogP contribution in [0, 0.1) is 6.92 Å². The minimum atomic E-state index is 0.0673. The Morgan fingerprint density at radius 1 is 1.03 bits per heavy atom. The van der Waals surface area contributed by atoms with E-state index in [1.54, 1.807) is 13.8 Å². The highest BCUT2D eigenvalue weighted by Crippen LogP contribution is 2.23. The number of nitrogens with one attached hydrogen (secondary N) is 1. The highest BCUT2D eigenvalue weighted by atomic mass is 16.5. The van der Waals surface area contributed by atoms with Crippen molar-refractivity contribution in [3.8, 4) is 11.5 Å². The summed E-state index contributed by atoms with van der Waals surface area (Å²) in [6.45, 7) is 5.41. The minimum Gasteiger partial charge on any atom is -0.379 e. The molecule has 0 saturated heterocycles. The van der Waals surface area contributed by atoms with Crippen molar-refractivity contribution in [3.63, 3.8) is 0 Å². The second-order valence-electron chi connectivity index (χ2n) is 7.19. The van der Waals surface area contributed by atoms with Gasteiger partial charge in [-0.05, 0) is 69.2 Å². The zero-order valence-corrected chi connectivity index (χ0v) is 16.9. The molecule has 0 aliphatic heterocycles. The molecule has 1 heterocycles. The van der Waals surface area contributed by atoms with Crippen molar-refractivity contribution in [2.45, 2.75) is 46.1 Å². The van der Waals surface area contributed by atoms with Gasteiger partial charge in [0.1, 0.15) is 5.78 Å². The average molecular weight is 391 g/mol. The van der Waals surface area contributed by atoms with Crippen LogP contribution in [0.25, 0.3) is 11.5 Å². The Balaban J connectivity index is 1.58. The number of nitrogens with zero attached hydrogens (tertiary/aromatic N) is 2. The number of anilines is 1. The van der Waals surface area contributed by atoms with E-state index >= 15 is 0 Å². The van der Waals surface area contributed by atoms with E-state index in [1.165, 1.54) is 0 Å². The van der Waals surface area contributed by atoms with Crippen LogP contribution < -0.4 is 5.32 Å². The molecule has 1 unspecified atom stereocenters. The average Bonchev–Trinajstić information content (AvgIpc) is 3.14. The highest BCUT2D eigenvalue weighted by Gasteiger charge is 2.10. The zero-order valence-electron chi connectivity index (χ0n) is 16.9. The van der Waals surface area contributed by atoms with Crippen molar-refractivity contribution in [2.24, 2.45) is 0 Å². The number of aryl methyl sites for hydroxylation is 1. The molecule has 1 N–H and O–H groups in total. The fourth-order valence-corrected chi connectivity index (χ4v) is 3.06. The van der Waals surface area contributed by atoms with Crippen LogP contribution in [-0.2, 0) is 4.79 Å². The number of carbonyl (C=O) groups excluding carboxylic acids is 2. The van der Waals surface area contributed by atoms with Crippen molar-refractivity contribution >= 4 is 17.3 Å². The maximum atomic E-state index is 12.2. The van der Waals surface area contributed by atoms with Gasteiger partial charge in [-0.25, -0.2) is 0 Å². The van der Waals surface area contributed by atoms with Crippen LogP contribution in [0.2, 0.25) is 0 Å². The van der Waals surface area contributed by atoms with Gasteiger partial charge in [0.15, 0.2) is 11.6 Å². The summed E-state index contributed by atoms with van der Waals surface area (Å²) in [7, 11) is 0. The SMILES string of the molecule is CC(=O)CCCC(=O)c1ccc(NC(C)c2ccc(-c3nc(C)no3)cc2)cc1. The first-order chi connectivity index (χ1) is 13.9. The summed E-state index contributed by atoms with van der Waals surface area (Å²) < 4.78 is 5.19. The van der Waals surface area contributed by atoms with Gasteiger partial charge in [-0.15, -0.1) is 0 Å². The standard InChI is InChI=1S/C23H25N3O3/c1-15(27)5-4-6-22(28)19-11-13-21(14-12-19)24-16(2)18-7-9-20(10-8-18)23-25-17(3)26-29-23/h7-14,16,24H,4-6H2,1-3H3. The van der Waals surface area contributed by atoms with Crippen molar-refractivity contribution in [1.82, 2.24) is 10.1 Å². The predicted molar refractivity (Wildman–Crippen MR) is 112 cm³/mol. The zero-order chi connectivity index (χ0) is 20.8. The van der Waals surface area contributed by atoms with E-state index in [-0.39, 0.29) is 17.6 Å². The van der Waals surface area contributed by atoms with Gasteiger partial charge in [0.25, 0.3) is 5.89 Å². The maximum absolute atomic E-state index is 12.2. The van der Waals surface area contributed by atoms with Gasteiger partial charge in [-0.1, -0.05) is 17.3 Å². The summed E-state index contributed by atoms with van der Waals surface area (Å²) in [4.78, 5) is 27.4. The number of carbonyl (C=O) groups is 2. The molecule has 0 spiro atoms. The number of Topliss-reactive ketones (excluding diaryl/α,β-unsaturated/α-hetero) is 2. The summed E-state index contributed by atoms with van der Waals surface area (Å²) in [5.41, 5.74) is 3.61. The van der Waals surface area contributed by atoms with E-state index in [0.717, 1.165) is 16.8 Å². The third-order valence-electron chi connectivity index (χ3n) is 4.71. The number of aromatic nitrogens is 2. The van der Waals surface area contributed by atoms with Crippen LogP contribution in [-0.4, -0.2) is 21.7 Å². The number of hydrogen-bond acceptors (Lipinski definition) is 6. The summed E-state index contributed by atoms with van der Waals surface area (Å²) in [5, 5.41) is 7.25. The van der Waals surface area contributed by atoms with Crippen molar-refractivity contribution in [3.05, 3.63) is 65.5 Å². The molecule has 0 amide bonds. The first kappa shape index (κ1) is 20.5. The number of ketones is 2. The summed E-state index contributed by atoms with van der Waals surface area (Å²) in [6.07, 6.45) is 1.45. The Morgan fingerprint density at radius 2 is 1.72 bits per heavy atom. The van der Waals surface area contributed by atoms with E-state index in [0.29, 0.717) is 36.5 Å². The summed E-state index contributed by atoms with van der Waals surface area (Å²) in [5.74, 6) is 1.31. The lowest BCUT2D eigenvalue weighted by Gasteiger charge is -2.16. The molecular formula is C23H25N3O3. The van der Waals surface area contributed by atoms with Crippen LogP contribution in [0.3, 0.4) is 0 Å². The topological polar surface area (TPSA) is 85.1 Å². The molecule has 0 aliphatic carbocycles. The molecule has 0 saturated carbocycles. The first-order valence-corrected chi connectivity index (χ1v) is 9.72. The fraction of sp³-hybridized carbons (Fsp3) is 0.304. The lowest BCUT2D eigenvalue weighted by Crippen LogP contribution is -2.07. The van der Waals surface area contributed by atoms with Crippen LogP contribution in [0.1, 0.15) is 60.9 Å². The van der Waals surface area contributed by atoms with E-state index in [2.05, 4.69) is 22.4 Å². The number of hydrogen-bond donors (Lipinski definition) is 1. The highest BCUT2D eigenvalue weighted by molar-refractivity contribution is 5.96. The Labute approximate surface area is 170 Å². The molecule has 2 aromatic carbocycles. The Bertz CT molecular complexity index is 975. The van der Waals surface area contributed by atoms with Crippen LogP contribution in [0.5, 0.6) is 0 Å². The normalized spacial score (nSPS) is 11.8. The van der Waals surface area contributed by atoms with Gasteiger partial charge in [0, 0.05) is 35.7 Å². The van der Waals surface area contributed by atoms with Crippen LogP contribution in [0.4, 0.5) is 5.69 Å². The molecule has 0 radical (unpaired) electrons. The molecule has 6 heteroatoms. The Hall–Kier alpha value is -3.28. The van der Waals surface area contributed by atoms with E-state index in [9.17, 15) is 9.59 Å². The summed E-state index contributed by atoms with van der Waals surface area (Å²) in [6, 6.07) is 15.5. The molecule has 150 valence electrons. The lowest BCUT2D eigenvalue weighted by atomic mass is 10.0. The molecule has 29 heavy (non-hydrogen) atoms. The van der Waals surface area contributed by atoms with Gasteiger partial charge >= 0.3 is 0 Å². The van der Waals surface area contributed by atoms with Crippen molar-refractivity contribution < 1.29 is 14.1 Å². The van der Waals surface area contributed by atoms with E-state index in [4.69, 9.17) is 4.52 Å². The Morgan fingerprint density at radius 3 is 2.31 bits per heavy atom. The molecule has 0 aliphatic rings. The van der Waals surface area contributed by atoms with Crippen LogP contribution in [0.15, 0.2) is 53.1 Å². The maximum Gasteiger partial charge on any atom is 0.257 e. The third kappa shape index (κ3) is 5.60. The second kappa shape index (κ2) is 9.28. The number of rotatable bonds is 9. The van der Waals surface area contributed by atoms with Gasteiger partial charge in [-0.2, -0.15) is 4.98 Å². The van der Waals surface area contributed by atoms with E-state index in [1.807, 2.05) is 48.5 Å². The predicted octanol–water partition coefficient (Wildman–Crippen LogP) is 5.16. The molecular weight excluding hydrogens is 366 g/mol. The second-order valence-corrected chi connectivity index (χ2v) is 7.19. The molecule has 3 aromatic rings. The van der Waals surface area contributed by atoms with Gasteiger partial charge in [-0.3, -0.25) is 4.79 Å². The molecule has 0 bridgehead atoms. The monoisotopic (exact) mass is 391 g/mol. The number of benzene rings is 2.